The van der Waals surface area contributed by atoms with Crippen LogP contribution in [0.5, 0.6) is 5.75 Å². The predicted octanol–water partition coefficient (Wildman–Crippen LogP) is 2.87. The van der Waals surface area contributed by atoms with Gasteiger partial charge in [-0.2, -0.15) is 10.2 Å². The predicted molar refractivity (Wildman–Crippen MR) is 99.1 cm³/mol. The number of rotatable bonds is 5. The smallest absolute Gasteiger partial charge is 0.175 e. The maximum absolute atomic E-state index is 5.28. The van der Waals surface area contributed by atoms with Crippen molar-refractivity contribution in [3.8, 4) is 17.0 Å². The van der Waals surface area contributed by atoms with Crippen LogP contribution in [0.3, 0.4) is 0 Å². The van der Waals surface area contributed by atoms with Crippen LogP contribution in [0.25, 0.3) is 22.3 Å². The Balaban J connectivity index is 1.66. The molecule has 0 amide bonds. The van der Waals surface area contributed by atoms with Crippen LogP contribution in [-0.4, -0.2) is 38.5 Å². The molecule has 0 radical (unpaired) electrons. The Morgan fingerprint density at radius 3 is 2.88 bits per heavy atom. The topological polar surface area (TPSA) is 101 Å². The molecule has 8 heteroatoms. The van der Waals surface area contributed by atoms with Crippen molar-refractivity contribution < 1.29 is 4.74 Å². The Morgan fingerprint density at radius 1 is 1.15 bits per heavy atom. The van der Waals surface area contributed by atoms with Crippen molar-refractivity contribution in [1.29, 1.82) is 0 Å². The first kappa shape index (κ1) is 15.7. The van der Waals surface area contributed by atoms with E-state index in [1.54, 1.807) is 25.7 Å². The van der Waals surface area contributed by atoms with E-state index in [1.807, 2.05) is 36.4 Å². The van der Waals surface area contributed by atoms with E-state index in [-0.39, 0.29) is 0 Å². The molecule has 0 saturated heterocycles. The molecule has 3 heterocycles. The molecule has 0 atom stereocenters. The van der Waals surface area contributed by atoms with Crippen molar-refractivity contribution in [1.82, 2.24) is 25.1 Å². The van der Waals surface area contributed by atoms with Crippen molar-refractivity contribution in [3.63, 3.8) is 0 Å². The maximum atomic E-state index is 5.28. The highest BCUT2D eigenvalue weighted by atomic mass is 16.5. The average molecular weight is 345 g/mol. The normalized spacial score (nSPS) is 11.1. The molecule has 0 spiro atoms. The zero-order chi connectivity index (χ0) is 17.8. The van der Waals surface area contributed by atoms with Crippen LogP contribution in [0.2, 0.25) is 0 Å². The number of pyridine rings is 1. The molecule has 0 aliphatic carbocycles. The number of anilines is 1. The number of H-pyrrole nitrogens is 1. The molecule has 1 aromatic carbocycles. The van der Waals surface area contributed by atoms with Crippen LogP contribution < -0.4 is 10.2 Å². The van der Waals surface area contributed by atoms with Crippen LogP contribution in [0.15, 0.2) is 60.2 Å². The van der Waals surface area contributed by atoms with E-state index >= 15 is 0 Å². The molecule has 0 aliphatic heterocycles. The molecular weight excluding hydrogens is 330 g/mol. The number of methoxy groups -OCH3 is 1. The van der Waals surface area contributed by atoms with E-state index in [0.29, 0.717) is 16.9 Å². The van der Waals surface area contributed by atoms with Crippen molar-refractivity contribution in [2.75, 3.05) is 12.5 Å². The Kier molecular flexibility index (Phi) is 4.21. The van der Waals surface area contributed by atoms with E-state index in [9.17, 15) is 0 Å². The summed E-state index contributed by atoms with van der Waals surface area (Å²) < 4.78 is 5.28. The van der Waals surface area contributed by atoms with Gasteiger partial charge in [-0.25, -0.2) is 9.97 Å². The van der Waals surface area contributed by atoms with Gasteiger partial charge in [-0.1, -0.05) is 12.1 Å². The Morgan fingerprint density at radius 2 is 2.04 bits per heavy atom. The average Bonchev–Trinajstić information content (AvgIpc) is 3.14. The number of hydrazone groups is 1. The molecule has 0 bridgehead atoms. The highest BCUT2D eigenvalue weighted by molar-refractivity contribution is 5.95. The van der Waals surface area contributed by atoms with E-state index in [4.69, 9.17) is 4.74 Å². The van der Waals surface area contributed by atoms with Gasteiger partial charge in [0, 0.05) is 18.0 Å². The molecule has 26 heavy (non-hydrogen) atoms. The molecule has 4 rings (SSSR count). The van der Waals surface area contributed by atoms with Gasteiger partial charge >= 0.3 is 0 Å². The van der Waals surface area contributed by atoms with E-state index < -0.39 is 0 Å². The monoisotopic (exact) mass is 345 g/mol. The van der Waals surface area contributed by atoms with Crippen LogP contribution in [0.4, 0.5) is 5.82 Å². The molecule has 0 aliphatic rings. The SMILES string of the molecule is COc1cccc(-c2n[nH]c3c(N/N=C/c4ccncc4)ncnc23)c1. The second-order valence-electron chi connectivity index (χ2n) is 5.40. The number of hydrogen-bond donors (Lipinski definition) is 2. The van der Waals surface area contributed by atoms with Gasteiger partial charge in [-0.05, 0) is 29.8 Å². The molecule has 8 nitrogen and oxygen atoms in total. The molecule has 0 saturated carbocycles. The summed E-state index contributed by atoms with van der Waals surface area (Å²) in [5.74, 6) is 1.30. The van der Waals surface area contributed by atoms with Gasteiger partial charge in [0.15, 0.2) is 5.82 Å². The number of benzene rings is 1. The second-order valence-corrected chi connectivity index (χ2v) is 5.40. The standard InChI is InChI=1S/C18H15N7O/c1-26-14-4-2-3-13(9-14)15-16-17(24-23-15)18(21-11-20-16)25-22-10-12-5-7-19-8-6-12/h2-11H,1H3,(H,23,24)(H,20,21,25)/b22-10+. The largest absolute Gasteiger partial charge is 0.497 e. The molecule has 2 N–H and O–H groups in total. The van der Waals surface area contributed by atoms with Crippen LogP contribution in [0.1, 0.15) is 5.56 Å². The Hall–Kier alpha value is -3.81. The number of aromatic nitrogens is 5. The Labute approximate surface area is 149 Å². The van der Waals surface area contributed by atoms with Gasteiger partial charge in [-0.3, -0.25) is 15.5 Å². The quantitative estimate of drug-likeness (QED) is 0.426. The summed E-state index contributed by atoms with van der Waals surface area (Å²) in [7, 11) is 1.63. The molecular formula is C18H15N7O. The van der Waals surface area contributed by atoms with Gasteiger partial charge in [0.05, 0.1) is 13.3 Å². The summed E-state index contributed by atoms with van der Waals surface area (Å²) in [6.07, 6.45) is 6.58. The summed E-state index contributed by atoms with van der Waals surface area (Å²) in [4.78, 5) is 12.6. The van der Waals surface area contributed by atoms with Crippen molar-refractivity contribution >= 4 is 23.1 Å². The minimum Gasteiger partial charge on any atom is -0.497 e. The van der Waals surface area contributed by atoms with E-state index in [0.717, 1.165) is 22.6 Å². The van der Waals surface area contributed by atoms with Crippen LogP contribution >= 0.6 is 0 Å². The number of aromatic amines is 1. The highest BCUT2D eigenvalue weighted by Gasteiger charge is 2.13. The fraction of sp³-hybridized carbons (Fsp3) is 0.0556. The zero-order valence-electron chi connectivity index (χ0n) is 13.9. The third-order valence-corrected chi connectivity index (χ3v) is 3.78. The zero-order valence-corrected chi connectivity index (χ0v) is 13.9. The van der Waals surface area contributed by atoms with Crippen molar-refractivity contribution in [3.05, 3.63) is 60.7 Å². The minimum absolute atomic E-state index is 0.543. The summed E-state index contributed by atoms with van der Waals surface area (Å²) in [5, 5.41) is 11.6. The van der Waals surface area contributed by atoms with E-state index in [2.05, 4.69) is 35.7 Å². The van der Waals surface area contributed by atoms with Crippen LogP contribution in [-0.2, 0) is 0 Å². The number of nitrogens with one attached hydrogen (secondary N) is 2. The third kappa shape index (κ3) is 3.07. The molecule has 0 unspecified atom stereocenters. The van der Waals surface area contributed by atoms with Gasteiger partial charge in [0.25, 0.3) is 0 Å². The number of hydrogen-bond acceptors (Lipinski definition) is 7. The van der Waals surface area contributed by atoms with Gasteiger partial charge in [0.2, 0.25) is 0 Å². The molecule has 3 aromatic heterocycles. The summed E-state index contributed by atoms with van der Waals surface area (Å²) in [5.41, 5.74) is 6.86. The number of ether oxygens (including phenoxy) is 1. The van der Waals surface area contributed by atoms with Crippen LogP contribution in [0, 0.1) is 0 Å². The summed E-state index contributed by atoms with van der Waals surface area (Å²) >= 11 is 0. The van der Waals surface area contributed by atoms with Crippen molar-refractivity contribution in [2.24, 2.45) is 5.10 Å². The second kappa shape index (κ2) is 6.98. The first-order valence-corrected chi connectivity index (χ1v) is 7.88. The lowest BCUT2D eigenvalue weighted by Gasteiger charge is -2.02. The fourth-order valence-corrected chi connectivity index (χ4v) is 2.51. The molecule has 4 aromatic rings. The first-order valence-electron chi connectivity index (χ1n) is 7.88. The van der Waals surface area contributed by atoms with Crippen molar-refractivity contribution in [2.45, 2.75) is 0 Å². The molecule has 128 valence electrons. The van der Waals surface area contributed by atoms with Gasteiger partial charge < -0.3 is 4.74 Å². The highest BCUT2D eigenvalue weighted by Crippen LogP contribution is 2.29. The third-order valence-electron chi connectivity index (χ3n) is 3.78. The number of fused-ring (bicyclic) bond motifs is 1. The number of nitrogens with zero attached hydrogens (tertiary/aromatic N) is 5. The van der Waals surface area contributed by atoms with Gasteiger partial charge in [0.1, 0.15) is 28.8 Å². The van der Waals surface area contributed by atoms with Gasteiger partial charge in [-0.15, -0.1) is 0 Å². The summed E-state index contributed by atoms with van der Waals surface area (Å²) in [6.45, 7) is 0. The first-order chi connectivity index (χ1) is 12.8. The molecule has 0 fully saturated rings. The summed E-state index contributed by atoms with van der Waals surface area (Å²) in [6, 6.07) is 11.4. The maximum Gasteiger partial charge on any atom is 0.175 e. The lowest BCUT2D eigenvalue weighted by Crippen LogP contribution is -1.95. The van der Waals surface area contributed by atoms with E-state index in [1.165, 1.54) is 6.33 Å². The lowest BCUT2D eigenvalue weighted by molar-refractivity contribution is 0.415. The minimum atomic E-state index is 0.543. The fourth-order valence-electron chi connectivity index (χ4n) is 2.51. The lowest BCUT2D eigenvalue weighted by atomic mass is 10.1. The Bertz CT molecular complexity index is 1060.